The van der Waals surface area contributed by atoms with Crippen LogP contribution in [0.25, 0.3) is 5.65 Å². The van der Waals surface area contributed by atoms with Crippen molar-refractivity contribution in [1.29, 1.82) is 0 Å². The number of fused-ring (bicyclic) bond motifs is 1. The molecule has 3 aromatic heterocycles. The molecule has 1 unspecified atom stereocenters. The summed E-state index contributed by atoms with van der Waals surface area (Å²) in [6.45, 7) is 4.14. The summed E-state index contributed by atoms with van der Waals surface area (Å²) in [5, 5.41) is 29.6. The molecule has 1 saturated carbocycles. The van der Waals surface area contributed by atoms with E-state index in [2.05, 4.69) is 55.2 Å². The fourth-order valence-electron chi connectivity index (χ4n) is 6.21. The summed E-state index contributed by atoms with van der Waals surface area (Å²) in [4.78, 5) is 33.5. The fourth-order valence-corrected chi connectivity index (χ4v) is 6.21. The number of pyridine rings is 1. The molecule has 1 atom stereocenters. The van der Waals surface area contributed by atoms with Crippen LogP contribution in [0.5, 0.6) is 5.75 Å². The maximum absolute atomic E-state index is 12.9. The lowest BCUT2D eigenvalue weighted by Crippen LogP contribution is -2.54. The molecule has 14 nitrogen and oxygen atoms in total. The third-order valence-electron chi connectivity index (χ3n) is 8.97. The molecule has 4 aromatic rings. The quantitative estimate of drug-likeness (QED) is 0.295. The molecule has 0 radical (unpaired) electrons. The van der Waals surface area contributed by atoms with Gasteiger partial charge in [0.25, 0.3) is 0 Å². The van der Waals surface area contributed by atoms with Crippen molar-refractivity contribution in [3.05, 3.63) is 65.9 Å². The van der Waals surface area contributed by atoms with E-state index in [9.17, 15) is 14.7 Å². The van der Waals surface area contributed by atoms with Crippen molar-refractivity contribution in [2.24, 2.45) is 0 Å². The Balaban J connectivity index is 0.967. The maximum Gasteiger partial charge on any atom is 0.318 e. The molecule has 0 bridgehead atoms. The van der Waals surface area contributed by atoms with Crippen LogP contribution in [0.3, 0.4) is 0 Å². The van der Waals surface area contributed by atoms with E-state index < -0.39 is 11.6 Å². The number of piperidine rings is 1. The number of aromatic nitrogens is 7. The molecule has 7 rings (SSSR count). The SMILES string of the molecule is Cc1cc(OCC2(c3ccccc3)CC2)cn2nc(C(O)CN3CC4(CCN(C(=O)Cn5cnnn5)CC4)NC3=O)nc12. The minimum Gasteiger partial charge on any atom is -0.491 e. The number of amides is 3. The second-order valence-electron chi connectivity index (χ2n) is 12.0. The van der Waals surface area contributed by atoms with Crippen molar-refractivity contribution in [2.75, 3.05) is 32.8 Å². The van der Waals surface area contributed by atoms with Gasteiger partial charge in [0.15, 0.2) is 11.5 Å². The Labute approximate surface area is 247 Å². The highest BCUT2D eigenvalue weighted by Crippen LogP contribution is 2.48. The average Bonchev–Trinajstić information content (AvgIpc) is 3.28. The van der Waals surface area contributed by atoms with Gasteiger partial charge >= 0.3 is 6.03 Å². The highest BCUT2D eigenvalue weighted by Gasteiger charge is 2.46. The summed E-state index contributed by atoms with van der Waals surface area (Å²) in [5.41, 5.74) is 2.42. The molecule has 3 fully saturated rings. The first-order valence-corrected chi connectivity index (χ1v) is 14.6. The van der Waals surface area contributed by atoms with E-state index in [1.165, 1.54) is 16.6 Å². The van der Waals surface area contributed by atoms with Crippen molar-refractivity contribution < 1.29 is 19.4 Å². The Morgan fingerprint density at radius 2 is 1.95 bits per heavy atom. The molecule has 1 aromatic carbocycles. The maximum atomic E-state index is 12.9. The number of ether oxygens (including phenoxy) is 1. The molecule has 1 aliphatic carbocycles. The van der Waals surface area contributed by atoms with Gasteiger partial charge in [-0.2, -0.15) is 0 Å². The Bertz CT molecular complexity index is 1630. The van der Waals surface area contributed by atoms with Gasteiger partial charge in [0, 0.05) is 25.0 Å². The minimum atomic E-state index is -1.06. The zero-order valence-electron chi connectivity index (χ0n) is 24.0. The van der Waals surface area contributed by atoms with Gasteiger partial charge in [-0.1, -0.05) is 30.3 Å². The highest BCUT2D eigenvalue weighted by atomic mass is 16.5. The summed E-state index contributed by atoms with van der Waals surface area (Å²) in [7, 11) is 0. The van der Waals surface area contributed by atoms with Crippen LogP contribution in [-0.2, 0) is 16.8 Å². The Morgan fingerprint density at radius 1 is 1.16 bits per heavy atom. The number of carbonyl (C=O) groups excluding carboxylic acids is 2. The van der Waals surface area contributed by atoms with Crippen molar-refractivity contribution in [1.82, 2.24) is 49.9 Å². The molecule has 2 aliphatic heterocycles. The summed E-state index contributed by atoms with van der Waals surface area (Å²) in [6.07, 6.45) is 5.57. The van der Waals surface area contributed by atoms with Crippen LogP contribution in [0.4, 0.5) is 4.79 Å². The van der Waals surface area contributed by atoms with Crippen molar-refractivity contribution in [3.8, 4) is 5.75 Å². The van der Waals surface area contributed by atoms with Crippen LogP contribution in [0.1, 0.15) is 48.7 Å². The molecule has 3 amide bonds. The van der Waals surface area contributed by atoms with Crippen LogP contribution >= 0.6 is 0 Å². The Kier molecular flexibility index (Phi) is 6.72. The largest absolute Gasteiger partial charge is 0.491 e. The number of urea groups is 1. The summed E-state index contributed by atoms with van der Waals surface area (Å²) in [5.74, 6) is 0.880. The van der Waals surface area contributed by atoms with Crippen LogP contribution < -0.4 is 10.1 Å². The van der Waals surface area contributed by atoms with Crippen molar-refractivity contribution in [2.45, 2.75) is 56.2 Å². The first-order chi connectivity index (χ1) is 20.8. The minimum absolute atomic E-state index is 0.0589. The summed E-state index contributed by atoms with van der Waals surface area (Å²) < 4.78 is 9.27. The monoisotopic (exact) mass is 586 g/mol. The van der Waals surface area contributed by atoms with Gasteiger partial charge in [0.2, 0.25) is 5.91 Å². The van der Waals surface area contributed by atoms with Gasteiger partial charge in [-0.3, -0.25) is 4.79 Å². The number of tetrazole rings is 1. The molecular weight excluding hydrogens is 552 g/mol. The second-order valence-corrected chi connectivity index (χ2v) is 12.0. The number of β-amino-alcohol motifs (C(OH)–C–C–N with tert-alkyl or cyclic N) is 1. The molecule has 14 heteroatoms. The number of nitrogens with zero attached hydrogens (tertiary/aromatic N) is 9. The zero-order chi connectivity index (χ0) is 29.6. The third kappa shape index (κ3) is 5.38. The molecule has 43 heavy (non-hydrogen) atoms. The molecule has 224 valence electrons. The van der Waals surface area contributed by atoms with E-state index in [1.807, 2.05) is 19.1 Å². The number of rotatable bonds is 9. The van der Waals surface area contributed by atoms with E-state index in [1.54, 1.807) is 20.5 Å². The predicted molar refractivity (Wildman–Crippen MR) is 152 cm³/mol. The third-order valence-corrected chi connectivity index (χ3v) is 8.97. The van der Waals surface area contributed by atoms with Gasteiger partial charge in [0.1, 0.15) is 24.7 Å². The number of hydrogen-bond donors (Lipinski definition) is 2. The van der Waals surface area contributed by atoms with E-state index in [0.29, 0.717) is 50.5 Å². The van der Waals surface area contributed by atoms with E-state index in [-0.39, 0.29) is 36.3 Å². The number of nitrogens with one attached hydrogen (secondary N) is 1. The van der Waals surface area contributed by atoms with Gasteiger partial charge in [0.05, 0.1) is 24.9 Å². The number of aryl methyl sites for hydroxylation is 1. The lowest BCUT2D eigenvalue weighted by atomic mass is 9.88. The molecule has 1 spiro atoms. The molecule has 5 heterocycles. The first-order valence-electron chi connectivity index (χ1n) is 14.6. The number of carbonyl (C=O) groups is 2. The van der Waals surface area contributed by atoms with Crippen LogP contribution in [-0.4, -0.2) is 100.0 Å². The lowest BCUT2D eigenvalue weighted by molar-refractivity contribution is -0.133. The zero-order valence-corrected chi connectivity index (χ0v) is 24.0. The van der Waals surface area contributed by atoms with E-state index in [4.69, 9.17) is 4.74 Å². The molecular formula is C29H34N10O4. The van der Waals surface area contributed by atoms with E-state index >= 15 is 0 Å². The number of aliphatic hydroxyl groups is 1. The lowest BCUT2D eigenvalue weighted by Gasteiger charge is -2.38. The fraction of sp³-hybridized carbons (Fsp3) is 0.483. The van der Waals surface area contributed by atoms with Gasteiger partial charge in [-0.05, 0) is 60.2 Å². The number of likely N-dealkylation sites (tertiary alicyclic amines) is 1. The van der Waals surface area contributed by atoms with Crippen LogP contribution in [0, 0.1) is 6.92 Å². The van der Waals surface area contributed by atoms with Gasteiger partial charge < -0.3 is 25.0 Å². The van der Waals surface area contributed by atoms with Gasteiger partial charge in [-0.15, -0.1) is 10.2 Å². The van der Waals surface area contributed by atoms with Crippen LogP contribution in [0.2, 0.25) is 0 Å². The average molecular weight is 587 g/mol. The topological polar surface area (TPSA) is 156 Å². The second kappa shape index (κ2) is 10.6. The molecule has 2 N–H and O–H groups in total. The normalized spacial score (nSPS) is 19.5. The van der Waals surface area contributed by atoms with Crippen LogP contribution in [0.15, 0.2) is 48.9 Å². The summed E-state index contributed by atoms with van der Waals surface area (Å²) >= 11 is 0. The highest BCUT2D eigenvalue weighted by molar-refractivity contribution is 5.79. The number of hydrogen-bond acceptors (Lipinski definition) is 9. The number of aliphatic hydroxyl groups excluding tert-OH is 1. The standard InChI is InChI=1S/C29H34N10O4/c1-20-13-22(43-18-28(7-8-28)21-5-3-2-4-6-21)14-39-26(20)31-25(33-39)23(40)15-37-17-29(32-27(37)42)9-11-36(12-10-29)24(41)16-38-19-30-34-35-38/h2-6,13-14,19,23,40H,7-12,15-18H2,1H3,(H,32,42). The Morgan fingerprint density at radius 3 is 2.67 bits per heavy atom. The molecule has 2 saturated heterocycles. The predicted octanol–water partition coefficient (Wildman–Crippen LogP) is 1.25. The Hall–Kier alpha value is -4.59. The van der Waals surface area contributed by atoms with E-state index in [0.717, 1.165) is 18.4 Å². The molecule has 3 aliphatic rings. The van der Waals surface area contributed by atoms with Crippen molar-refractivity contribution in [3.63, 3.8) is 0 Å². The smallest absolute Gasteiger partial charge is 0.318 e. The van der Waals surface area contributed by atoms with Crippen molar-refractivity contribution >= 4 is 17.6 Å². The summed E-state index contributed by atoms with van der Waals surface area (Å²) in [6, 6.07) is 12.2. The number of benzene rings is 1. The van der Waals surface area contributed by atoms with Gasteiger partial charge in [-0.25, -0.2) is 19.0 Å². The first kappa shape index (κ1) is 27.3.